The van der Waals surface area contributed by atoms with Gasteiger partial charge < -0.3 is 15.0 Å². The van der Waals surface area contributed by atoms with Gasteiger partial charge in [-0.25, -0.2) is 9.97 Å². The quantitative estimate of drug-likeness (QED) is 0.866. The van der Waals surface area contributed by atoms with Crippen LogP contribution < -0.4 is 10.2 Å². The molecule has 1 saturated carbocycles. The Bertz CT molecular complexity index is 452. The second-order valence-corrected chi connectivity index (χ2v) is 6.35. The van der Waals surface area contributed by atoms with Gasteiger partial charge in [0.1, 0.15) is 17.5 Å². The van der Waals surface area contributed by atoms with Crippen molar-refractivity contribution in [3.05, 3.63) is 11.9 Å². The average Bonchev–Trinajstić information content (AvgIpc) is 3.22. The number of nitrogens with zero attached hydrogens (tertiary/aromatic N) is 3. The van der Waals surface area contributed by atoms with Crippen molar-refractivity contribution in [1.29, 1.82) is 0 Å². The van der Waals surface area contributed by atoms with E-state index in [0.717, 1.165) is 30.6 Å². The summed E-state index contributed by atoms with van der Waals surface area (Å²) in [6, 6.07) is 2.64. The minimum Gasteiger partial charge on any atom is -0.383 e. The van der Waals surface area contributed by atoms with E-state index in [1.807, 2.05) is 13.1 Å². The number of rotatable bonds is 6. The zero-order chi connectivity index (χ0) is 14.8. The fourth-order valence-electron chi connectivity index (χ4n) is 2.11. The van der Waals surface area contributed by atoms with Crippen LogP contribution in [0.5, 0.6) is 0 Å². The molecule has 0 bridgehead atoms. The summed E-state index contributed by atoms with van der Waals surface area (Å²) < 4.78 is 5.23. The molecule has 0 aromatic carbocycles. The Morgan fingerprint density at radius 3 is 2.55 bits per heavy atom. The Hall–Kier alpha value is -1.36. The van der Waals surface area contributed by atoms with Crippen molar-refractivity contribution in [3.63, 3.8) is 0 Å². The molecule has 1 aromatic rings. The van der Waals surface area contributed by atoms with Crippen molar-refractivity contribution in [1.82, 2.24) is 9.97 Å². The molecule has 0 unspecified atom stereocenters. The van der Waals surface area contributed by atoms with Crippen LogP contribution in [0.2, 0.25) is 0 Å². The fourth-order valence-corrected chi connectivity index (χ4v) is 2.11. The van der Waals surface area contributed by atoms with E-state index in [1.165, 1.54) is 12.8 Å². The lowest BCUT2D eigenvalue weighted by atomic mass is 9.96. The summed E-state index contributed by atoms with van der Waals surface area (Å²) in [5.74, 6) is 2.76. The molecule has 1 aliphatic rings. The summed E-state index contributed by atoms with van der Waals surface area (Å²) in [4.78, 5) is 11.7. The van der Waals surface area contributed by atoms with E-state index in [2.05, 4.69) is 36.0 Å². The smallest absolute Gasteiger partial charge is 0.138 e. The minimum atomic E-state index is -0.0575. The maximum absolute atomic E-state index is 5.23. The molecule has 2 rings (SSSR count). The molecule has 20 heavy (non-hydrogen) atoms. The van der Waals surface area contributed by atoms with E-state index in [0.29, 0.717) is 6.04 Å². The van der Waals surface area contributed by atoms with E-state index >= 15 is 0 Å². The molecule has 1 N–H and O–H groups in total. The second kappa shape index (κ2) is 5.95. The highest BCUT2D eigenvalue weighted by Gasteiger charge is 2.31. The Morgan fingerprint density at radius 1 is 1.35 bits per heavy atom. The molecule has 0 amide bonds. The third-order valence-corrected chi connectivity index (χ3v) is 3.46. The average molecular weight is 278 g/mol. The molecule has 1 heterocycles. The molecule has 0 saturated heterocycles. The van der Waals surface area contributed by atoms with Crippen LogP contribution in [0.1, 0.15) is 39.4 Å². The SMILES string of the molecule is CNc1cc(N(CCOC)C2CC2)nc(C(C)(C)C)n1. The summed E-state index contributed by atoms with van der Waals surface area (Å²) in [5, 5.41) is 3.14. The zero-order valence-corrected chi connectivity index (χ0v) is 13.2. The summed E-state index contributed by atoms with van der Waals surface area (Å²) in [7, 11) is 3.64. The first kappa shape index (κ1) is 15.0. The van der Waals surface area contributed by atoms with Crippen LogP contribution in [0.3, 0.4) is 0 Å². The van der Waals surface area contributed by atoms with Crippen LogP contribution in [0.4, 0.5) is 11.6 Å². The summed E-state index contributed by atoms with van der Waals surface area (Å²) in [6.45, 7) is 8.03. The molecule has 0 radical (unpaired) electrons. The van der Waals surface area contributed by atoms with E-state index in [4.69, 9.17) is 9.72 Å². The topological polar surface area (TPSA) is 50.3 Å². The van der Waals surface area contributed by atoms with Gasteiger partial charge in [-0.3, -0.25) is 0 Å². The van der Waals surface area contributed by atoms with Crippen molar-refractivity contribution in [3.8, 4) is 0 Å². The van der Waals surface area contributed by atoms with Gasteiger partial charge in [0.2, 0.25) is 0 Å². The maximum atomic E-state index is 5.23. The summed E-state index contributed by atoms with van der Waals surface area (Å²) >= 11 is 0. The monoisotopic (exact) mass is 278 g/mol. The van der Waals surface area contributed by atoms with Gasteiger partial charge in [-0.2, -0.15) is 0 Å². The van der Waals surface area contributed by atoms with Crippen LogP contribution in [0.15, 0.2) is 6.07 Å². The van der Waals surface area contributed by atoms with E-state index < -0.39 is 0 Å². The van der Waals surface area contributed by atoms with Gasteiger partial charge in [-0.05, 0) is 12.8 Å². The molecule has 0 aliphatic heterocycles. The van der Waals surface area contributed by atoms with Gasteiger partial charge in [-0.15, -0.1) is 0 Å². The largest absolute Gasteiger partial charge is 0.383 e. The standard InChI is InChI=1S/C15H26N4O/c1-15(2,3)14-17-12(16-4)10-13(18-14)19(8-9-20-5)11-6-7-11/h10-11H,6-9H2,1-5H3,(H,16,17,18). The van der Waals surface area contributed by atoms with Gasteiger partial charge in [0.05, 0.1) is 6.61 Å². The van der Waals surface area contributed by atoms with E-state index in [-0.39, 0.29) is 5.41 Å². The van der Waals surface area contributed by atoms with Crippen molar-refractivity contribution < 1.29 is 4.74 Å². The van der Waals surface area contributed by atoms with Gasteiger partial charge in [0.15, 0.2) is 0 Å². The lowest BCUT2D eigenvalue weighted by molar-refractivity contribution is 0.204. The number of ether oxygens (including phenoxy) is 1. The normalized spacial score (nSPS) is 15.2. The number of hydrogen-bond donors (Lipinski definition) is 1. The number of methoxy groups -OCH3 is 1. The minimum absolute atomic E-state index is 0.0575. The maximum Gasteiger partial charge on any atom is 0.138 e. The molecule has 112 valence electrons. The molecule has 1 aliphatic carbocycles. The molecular weight excluding hydrogens is 252 g/mol. The molecular formula is C15H26N4O. The van der Waals surface area contributed by atoms with Crippen LogP contribution in [0.25, 0.3) is 0 Å². The third-order valence-electron chi connectivity index (χ3n) is 3.46. The highest BCUT2D eigenvalue weighted by molar-refractivity contribution is 5.51. The van der Waals surface area contributed by atoms with Crippen molar-refractivity contribution >= 4 is 11.6 Å². The van der Waals surface area contributed by atoms with E-state index in [1.54, 1.807) is 7.11 Å². The van der Waals surface area contributed by atoms with Gasteiger partial charge in [0.25, 0.3) is 0 Å². The summed E-state index contributed by atoms with van der Waals surface area (Å²) in [6.07, 6.45) is 2.49. The van der Waals surface area contributed by atoms with Crippen LogP contribution in [-0.2, 0) is 10.2 Å². The van der Waals surface area contributed by atoms with Crippen molar-refractivity contribution in [2.45, 2.75) is 45.1 Å². The number of aromatic nitrogens is 2. The number of nitrogens with one attached hydrogen (secondary N) is 1. The molecule has 0 atom stereocenters. The Kier molecular flexibility index (Phi) is 4.48. The Labute approximate surface area is 121 Å². The highest BCUT2D eigenvalue weighted by atomic mass is 16.5. The lowest BCUT2D eigenvalue weighted by Gasteiger charge is -2.26. The van der Waals surface area contributed by atoms with E-state index in [9.17, 15) is 0 Å². The zero-order valence-electron chi connectivity index (χ0n) is 13.2. The second-order valence-electron chi connectivity index (χ2n) is 6.35. The third kappa shape index (κ3) is 3.60. The molecule has 1 aromatic heterocycles. The van der Waals surface area contributed by atoms with Crippen LogP contribution in [0, 0.1) is 0 Å². The van der Waals surface area contributed by atoms with Gasteiger partial charge in [-0.1, -0.05) is 20.8 Å². The van der Waals surface area contributed by atoms with Crippen LogP contribution in [-0.4, -0.2) is 43.3 Å². The van der Waals surface area contributed by atoms with Gasteiger partial charge >= 0.3 is 0 Å². The first-order chi connectivity index (χ1) is 9.45. The Morgan fingerprint density at radius 2 is 2.05 bits per heavy atom. The lowest BCUT2D eigenvalue weighted by Crippen LogP contribution is -2.31. The predicted octanol–water partition coefficient (Wildman–Crippen LogP) is 2.43. The Balaban J connectivity index is 2.32. The molecule has 5 nitrogen and oxygen atoms in total. The first-order valence-corrected chi connectivity index (χ1v) is 7.28. The molecule has 0 spiro atoms. The van der Waals surface area contributed by atoms with Gasteiger partial charge in [0, 0.05) is 38.2 Å². The van der Waals surface area contributed by atoms with Crippen LogP contribution >= 0.6 is 0 Å². The first-order valence-electron chi connectivity index (χ1n) is 7.28. The molecule has 5 heteroatoms. The predicted molar refractivity (Wildman–Crippen MR) is 82.5 cm³/mol. The summed E-state index contributed by atoms with van der Waals surface area (Å²) in [5.41, 5.74) is -0.0575. The number of anilines is 2. The van der Waals surface area contributed by atoms with Crippen molar-refractivity contribution in [2.24, 2.45) is 0 Å². The number of hydrogen-bond acceptors (Lipinski definition) is 5. The molecule has 1 fully saturated rings. The van der Waals surface area contributed by atoms with Crippen molar-refractivity contribution in [2.75, 3.05) is 37.5 Å². The fraction of sp³-hybridized carbons (Fsp3) is 0.733. The highest BCUT2D eigenvalue weighted by Crippen LogP contribution is 2.32.